The Labute approximate surface area is 172 Å². The van der Waals surface area contributed by atoms with Gasteiger partial charge in [0.25, 0.3) is 5.91 Å². The van der Waals surface area contributed by atoms with E-state index in [-0.39, 0.29) is 11.9 Å². The maximum Gasteiger partial charge on any atom is 0.251 e. The third kappa shape index (κ3) is 5.49. The largest absolute Gasteiger partial charge is 0.494 e. The van der Waals surface area contributed by atoms with E-state index in [0.717, 1.165) is 23.7 Å². The number of halogens is 1. The maximum absolute atomic E-state index is 12.8. The van der Waals surface area contributed by atoms with Gasteiger partial charge in [0.2, 0.25) is 0 Å². The SMILES string of the molecule is CCOc1cccc(C(=O)NC[C@@H](c2ccccc2Cl)N2CCCCCC2)c1. The van der Waals surface area contributed by atoms with E-state index in [1.807, 2.05) is 43.3 Å². The topological polar surface area (TPSA) is 41.6 Å². The Morgan fingerprint density at radius 2 is 1.86 bits per heavy atom. The van der Waals surface area contributed by atoms with Gasteiger partial charge in [-0.25, -0.2) is 0 Å². The van der Waals surface area contributed by atoms with Crippen molar-refractivity contribution in [2.24, 2.45) is 0 Å². The van der Waals surface area contributed by atoms with E-state index in [4.69, 9.17) is 16.3 Å². The second-order valence-electron chi connectivity index (χ2n) is 7.16. The molecule has 5 heteroatoms. The zero-order valence-electron chi connectivity index (χ0n) is 16.5. The van der Waals surface area contributed by atoms with Gasteiger partial charge in [0.1, 0.15) is 5.75 Å². The van der Waals surface area contributed by atoms with Crippen LogP contribution in [0.4, 0.5) is 0 Å². The molecule has 1 aliphatic heterocycles. The lowest BCUT2D eigenvalue weighted by Gasteiger charge is -2.31. The van der Waals surface area contributed by atoms with Crippen LogP contribution >= 0.6 is 11.6 Å². The van der Waals surface area contributed by atoms with E-state index in [0.29, 0.717) is 24.5 Å². The van der Waals surface area contributed by atoms with Gasteiger partial charge in [0, 0.05) is 17.1 Å². The highest BCUT2D eigenvalue weighted by atomic mass is 35.5. The first-order valence-electron chi connectivity index (χ1n) is 10.2. The molecule has 150 valence electrons. The predicted octanol–water partition coefficient (Wildman–Crippen LogP) is 5.09. The Morgan fingerprint density at radius 1 is 1.11 bits per heavy atom. The summed E-state index contributed by atoms with van der Waals surface area (Å²) in [5, 5.41) is 3.87. The fraction of sp³-hybridized carbons (Fsp3) is 0.435. The van der Waals surface area contributed by atoms with E-state index >= 15 is 0 Å². The minimum absolute atomic E-state index is 0.0748. The van der Waals surface area contributed by atoms with Gasteiger partial charge in [0.05, 0.1) is 12.6 Å². The van der Waals surface area contributed by atoms with Crippen molar-refractivity contribution in [2.45, 2.75) is 38.6 Å². The molecule has 1 aliphatic rings. The summed E-state index contributed by atoms with van der Waals surface area (Å²) in [6.07, 6.45) is 4.90. The van der Waals surface area contributed by atoms with Crippen LogP contribution in [-0.2, 0) is 0 Å². The van der Waals surface area contributed by atoms with Gasteiger partial charge in [-0.1, -0.05) is 48.7 Å². The molecule has 1 atom stereocenters. The Kier molecular flexibility index (Phi) is 7.75. The summed E-state index contributed by atoms with van der Waals surface area (Å²) >= 11 is 6.51. The van der Waals surface area contributed by atoms with Gasteiger partial charge in [-0.3, -0.25) is 9.69 Å². The number of hydrogen-bond donors (Lipinski definition) is 1. The number of carbonyl (C=O) groups is 1. The molecule has 3 rings (SSSR count). The number of hydrogen-bond acceptors (Lipinski definition) is 3. The molecule has 0 aliphatic carbocycles. The van der Waals surface area contributed by atoms with Crippen molar-refractivity contribution >= 4 is 17.5 Å². The quantitative estimate of drug-likeness (QED) is 0.704. The van der Waals surface area contributed by atoms with Gasteiger partial charge in [0.15, 0.2) is 0 Å². The van der Waals surface area contributed by atoms with Crippen molar-refractivity contribution in [1.29, 1.82) is 0 Å². The third-order valence-electron chi connectivity index (χ3n) is 5.21. The molecule has 2 aromatic rings. The first kappa shape index (κ1) is 20.7. The van der Waals surface area contributed by atoms with E-state index in [1.54, 1.807) is 6.07 Å². The lowest BCUT2D eigenvalue weighted by atomic mass is 10.0. The normalized spacial score (nSPS) is 16.2. The number of rotatable bonds is 7. The van der Waals surface area contributed by atoms with E-state index < -0.39 is 0 Å². The van der Waals surface area contributed by atoms with E-state index in [2.05, 4.69) is 16.3 Å². The predicted molar refractivity (Wildman–Crippen MR) is 114 cm³/mol. The zero-order valence-corrected chi connectivity index (χ0v) is 17.3. The molecule has 2 aromatic carbocycles. The molecular formula is C23H29ClN2O2. The number of nitrogens with zero attached hydrogens (tertiary/aromatic N) is 1. The van der Waals surface area contributed by atoms with Gasteiger partial charge in [-0.15, -0.1) is 0 Å². The highest BCUT2D eigenvalue weighted by molar-refractivity contribution is 6.31. The minimum Gasteiger partial charge on any atom is -0.494 e. The van der Waals surface area contributed by atoms with Gasteiger partial charge in [-0.2, -0.15) is 0 Å². The van der Waals surface area contributed by atoms with Crippen LogP contribution in [0.3, 0.4) is 0 Å². The van der Waals surface area contributed by atoms with Crippen molar-refractivity contribution in [2.75, 3.05) is 26.2 Å². The lowest BCUT2D eigenvalue weighted by Crippen LogP contribution is -2.38. The molecule has 1 heterocycles. The summed E-state index contributed by atoms with van der Waals surface area (Å²) in [5.41, 5.74) is 1.69. The van der Waals surface area contributed by atoms with E-state index in [9.17, 15) is 4.79 Å². The molecule has 0 radical (unpaired) electrons. The summed E-state index contributed by atoms with van der Waals surface area (Å²) in [6.45, 7) is 5.11. The van der Waals surface area contributed by atoms with Crippen molar-refractivity contribution in [3.05, 3.63) is 64.7 Å². The van der Waals surface area contributed by atoms with Crippen LogP contribution in [0.2, 0.25) is 5.02 Å². The third-order valence-corrected chi connectivity index (χ3v) is 5.55. The fourth-order valence-electron chi connectivity index (χ4n) is 3.77. The molecule has 4 nitrogen and oxygen atoms in total. The first-order chi connectivity index (χ1) is 13.7. The second-order valence-corrected chi connectivity index (χ2v) is 7.57. The Bertz CT molecular complexity index is 773. The van der Waals surface area contributed by atoms with Crippen LogP contribution in [-0.4, -0.2) is 37.0 Å². The van der Waals surface area contributed by atoms with Crippen LogP contribution in [0.1, 0.15) is 54.6 Å². The molecular weight excluding hydrogens is 372 g/mol. The Hall–Kier alpha value is -2.04. The van der Waals surface area contributed by atoms with Crippen LogP contribution in [0.15, 0.2) is 48.5 Å². The minimum atomic E-state index is -0.0894. The number of ether oxygens (including phenoxy) is 1. The molecule has 0 unspecified atom stereocenters. The molecule has 1 N–H and O–H groups in total. The van der Waals surface area contributed by atoms with Crippen molar-refractivity contribution in [3.8, 4) is 5.75 Å². The van der Waals surface area contributed by atoms with Crippen LogP contribution in [0, 0.1) is 0 Å². The van der Waals surface area contributed by atoms with Crippen molar-refractivity contribution < 1.29 is 9.53 Å². The number of benzene rings is 2. The highest BCUT2D eigenvalue weighted by Gasteiger charge is 2.24. The van der Waals surface area contributed by atoms with Gasteiger partial charge < -0.3 is 10.1 Å². The number of amides is 1. The molecule has 1 amide bonds. The van der Waals surface area contributed by atoms with E-state index in [1.165, 1.54) is 25.7 Å². The highest BCUT2D eigenvalue weighted by Crippen LogP contribution is 2.29. The van der Waals surface area contributed by atoms with Crippen molar-refractivity contribution in [1.82, 2.24) is 10.2 Å². The number of carbonyl (C=O) groups excluding carboxylic acids is 1. The van der Waals surface area contributed by atoms with Gasteiger partial charge in [-0.05, 0) is 62.7 Å². The first-order valence-corrected chi connectivity index (χ1v) is 10.6. The molecule has 1 fully saturated rings. The van der Waals surface area contributed by atoms with Crippen LogP contribution < -0.4 is 10.1 Å². The number of nitrogens with one attached hydrogen (secondary N) is 1. The Morgan fingerprint density at radius 3 is 2.57 bits per heavy atom. The summed E-state index contributed by atoms with van der Waals surface area (Å²) in [5.74, 6) is 0.624. The smallest absolute Gasteiger partial charge is 0.251 e. The standard InChI is InChI=1S/C23H29ClN2O2/c1-2-28-19-11-9-10-18(16-19)23(27)25-17-22(20-12-5-6-13-21(20)24)26-14-7-3-4-8-15-26/h5-6,9-13,16,22H,2-4,7-8,14-15,17H2,1H3,(H,25,27)/t22-/m0/s1. The Balaban J connectivity index is 1.75. The maximum atomic E-state index is 12.8. The molecule has 0 aromatic heterocycles. The van der Waals surface area contributed by atoms with Gasteiger partial charge >= 0.3 is 0 Å². The summed E-state index contributed by atoms with van der Waals surface area (Å²) in [7, 11) is 0. The summed E-state index contributed by atoms with van der Waals surface area (Å²) in [6, 6.07) is 15.3. The number of likely N-dealkylation sites (tertiary alicyclic amines) is 1. The van der Waals surface area contributed by atoms with Crippen LogP contribution in [0.25, 0.3) is 0 Å². The van der Waals surface area contributed by atoms with Crippen molar-refractivity contribution in [3.63, 3.8) is 0 Å². The zero-order chi connectivity index (χ0) is 19.8. The summed E-state index contributed by atoms with van der Waals surface area (Å²) in [4.78, 5) is 15.2. The second kappa shape index (κ2) is 10.5. The monoisotopic (exact) mass is 400 g/mol. The average Bonchev–Trinajstić information content (AvgIpc) is 2.99. The fourth-order valence-corrected chi connectivity index (χ4v) is 4.03. The summed E-state index contributed by atoms with van der Waals surface area (Å²) < 4.78 is 5.51. The van der Waals surface area contributed by atoms with Crippen LogP contribution in [0.5, 0.6) is 5.75 Å². The molecule has 1 saturated heterocycles. The molecule has 0 saturated carbocycles. The average molecular weight is 401 g/mol. The molecule has 0 spiro atoms. The molecule has 0 bridgehead atoms. The lowest BCUT2D eigenvalue weighted by molar-refractivity contribution is 0.0932. The molecule has 28 heavy (non-hydrogen) atoms.